The molecule has 3 nitrogen and oxygen atoms in total. The van der Waals surface area contributed by atoms with Crippen LogP contribution >= 0.6 is 0 Å². The number of hydrogen-bond donors (Lipinski definition) is 0. The molecule has 0 fully saturated rings. The second-order valence-corrected chi connectivity index (χ2v) is 3.72. The first-order valence-electron chi connectivity index (χ1n) is 5.44. The van der Waals surface area contributed by atoms with Gasteiger partial charge in [-0.05, 0) is 23.8 Å². The highest BCUT2D eigenvalue weighted by Gasteiger charge is 2.06. The van der Waals surface area contributed by atoms with E-state index in [-0.39, 0.29) is 11.2 Å². The molecule has 3 heteroatoms. The predicted molar refractivity (Wildman–Crippen MR) is 69.4 cm³/mol. The normalized spacial score (nSPS) is 9.56. The second-order valence-electron chi connectivity index (χ2n) is 3.72. The Bertz CT molecular complexity index is 672. The maximum absolute atomic E-state index is 12.2. The molecule has 0 aliphatic heterocycles. The number of benzene rings is 1. The van der Waals surface area contributed by atoms with Gasteiger partial charge < -0.3 is 4.74 Å². The molecule has 0 amide bonds. The largest absolute Gasteiger partial charge is 0.493 e. The van der Waals surface area contributed by atoms with Gasteiger partial charge in [0, 0.05) is 5.56 Å². The Morgan fingerprint density at radius 3 is 2.61 bits per heavy atom. The van der Waals surface area contributed by atoms with E-state index in [1.54, 1.807) is 48.5 Å². The molecule has 2 aromatic rings. The molecule has 0 bridgehead atoms. The van der Waals surface area contributed by atoms with Crippen LogP contribution < -0.4 is 10.2 Å². The Balaban J connectivity index is 2.69. The highest BCUT2D eigenvalue weighted by atomic mass is 16.5. The van der Waals surface area contributed by atoms with Crippen LogP contribution in [0, 0.1) is 11.3 Å². The van der Waals surface area contributed by atoms with Gasteiger partial charge in [-0.3, -0.25) is 4.79 Å². The standard InChI is InChI=1S/C15H11NO2/c1-18-14-8-3-2-7-13(15(14)17)12-6-4-5-11(9-12)10-16/h2-9H,1H3. The number of ether oxygens (including phenoxy) is 1. The molecule has 0 radical (unpaired) electrons. The Labute approximate surface area is 105 Å². The fraction of sp³-hybridized carbons (Fsp3) is 0.0667. The zero-order chi connectivity index (χ0) is 13.0. The molecule has 0 aromatic heterocycles. The summed E-state index contributed by atoms with van der Waals surface area (Å²) in [6.45, 7) is 0. The van der Waals surface area contributed by atoms with Crippen LogP contribution in [0.4, 0.5) is 0 Å². The van der Waals surface area contributed by atoms with Gasteiger partial charge in [0.2, 0.25) is 5.43 Å². The fourth-order valence-corrected chi connectivity index (χ4v) is 1.72. The summed E-state index contributed by atoms with van der Waals surface area (Å²) in [6.07, 6.45) is 0. The van der Waals surface area contributed by atoms with E-state index in [1.807, 2.05) is 0 Å². The quantitative estimate of drug-likeness (QED) is 0.806. The lowest BCUT2D eigenvalue weighted by Crippen LogP contribution is -2.05. The van der Waals surface area contributed by atoms with E-state index in [4.69, 9.17) is 10.00 Å². The Hall–Kier alpha value is -2.60. The van der Waals surface area contributed by atoms with Crippen LogP contribution in [0.25, 0.3) is 11.1 Å². The average Bonchev–Trinajstić information content (AvgIpc) is 2.60. The van der Waals surface area contributed by atoms with Crippen LogP contribution in [0.5, 0.6) is 5.75 Å². The van der Waals surface area contributed by atoms with Crippen molar-refractivity contribution in [2.24, 2.45) is 0 Å². The van der Waals surface area contributed by atoms with Crippen molar-refractivity contribution in [2.45, 2.75) is 0 Å². The zero-order valence-corrected chi connectivity index (χ0v) is 9.88. The first-order chi connectivity index (χ1) is 8.76. The minimum atomic E-state index is -0.183. The summed E-state index contributed by atoms with van der Waals surface area (Å²) in [7, 11) is 1.46. The number of nitriles is 1. The molecule has 0 aliphatic rings. The summed E-state index contributed by atoms with van der Waals surface area (Å²) < 4.78 is 5.05. The van der Waals surface area contributed by atoms with E-state index >= 15 is 0 Å². The minimum absolute atomic E-state index is 0.183. The third kappa shape index (κ3) is 2.23. The first kappa shape index (κ1) is 11.9. The molecule has 88 valence electrons. The maximum Gasteiger partial charge on any atom is 0.228 e. The summed E-state index contributed by atoms with van der Waals surface area (Å²) in [5.74, 6) is 0.289. The maximum atomic E-state index is 12.2. The zero-order valence-electron chi connectivity index (χ0n) is 9.88. The molecule has 0 N–H and O–H groups in total. The summed E-state index contributed by atoms with van der Waals surface area (Å²) in [5, 5.41) is 8.88. The molecular weight excluding hydrogens is 226 g/mol. The fourth-order valence-electron chi connectivity index (χ4n) is 1.72. The predicted octanol–water partition coefficient (Wildman–Crippen LogP) is 2.59. The van der Waals surface area contributed by atoms with Gasteiger partial charge in [-0.25, -0.2) is 0 Å². The Morgan fingerprint density at radius 2 is 1.89 bits per heavy atom. The lowest BCUT2D eigenvalue weighted by atomic mass is 10.0. The number of hydrogen-bond acceptors (Lipinski definition) is 3. The van der Waals surface area contributed by atoms with Crippen molar-refractivity contribution in [3.63, 3.8) is 0 Å². The topological polar surface area (TPSA) is 50.1 Å². The van der Waals surface area contributed by atoms with Crippen molar-refractivity contribution >= 4 is 0 Å². The van der Waals surface area contributed by atoms with Crippen molar-refractivity contribution < 1.29 is 4.74 Å². The van der Waals surface area contributed by atoms with Crippen LogP contribution in [0.15, 0.2) is 53.3 Å². The van der Waals surface area contributed by atoms with Crippen LogP contribution in [0.1, 0.15) is 5.56 Å². The van der Waals surface area contributed by atoms with Crippen LogP contribution in [0.3, 0.4) is 0 Å². The smallest absolute Gasteiger partial charge is 0.228 e. The molecular formula is C15H11NO2. The molecule has 0 spiro atoms. The van der Waals surface area contributed by atoms with Gasteiger partial charge in [-0.1, -0.05) is 30.3 Å². The van der Waals surface area contributed by atoms with Crippen LogP contribution in [-0.4, -0.2) is 7.11 Å². The van der Waals surface area contributed by atoms with E-state index < -0.39 is 0 Å². The van der Waals surface area contributed by atoms with E-state index in [0.29, 0.717) is 16.7 Å². The second kappa shape index (κ2) is 5.15. The van der Waals surface area contributed by atoms with Gasteiger partial charge in [-0.15, -0.1) is 0 Å². The molecule has 2 rings (SSSR count). The first-order valence-corrected chi connectivity index (χ1v) is 5.44. The van der Waals surface area contributed by atoms with Gasteiger partial charge in [0.25, 0.3) is 0 Å². The molecule has 0 unspecified atom stereocenters. The van der Waals surface area contributed by atoms with Crippen molar-refractivity contribution in [2.75, 3.05) is 7.11 Å². The third-order valence-corrected chi connectivity index (χ3v) is 2.61. The van der Waals surface area contributed by atoms with Crippen molar-refractivity contribution in [1.82, 2.24) is 0 Å². The molecule has 0 aliphatic carbocycles. The van der Waals surface area contributed by atoms with E-state index in [2.05, 4.69) is 6.07 Å². The van der Waals surface area contributed by atoms with Crippen LogP contribution in [-0.2, 0) is 0 Å². The molecule has 2 aromatic carbocycles. The number of nitrogens with zero attached hydrogens (tertiary/aromatic N) is 1. The average molecular weight is 237 g/mol. The summed E-state index contributed by atoms with van der Waals surface area (Å²) in [5.41, 5.74) is 1.58. The summed E-state index contributed by atoms with van der Waals surface area (Å²) in [4.78, 5) is 12.2. The number of methoxy groups -OCH3 is 1. The molecule has 0 heterocycles. The molecule has 0 saturated carbocycles. The lowest BCUT2D eigenvalue weighted by Gasteiger charge is -2.00. The van der Waals surface area contributed by atoms with Gasteiger partial charge in [0.05, 0.1) is 18.7 Å². The summed E-state index contributed by atoms with van der Waals surface area (Å²) in [6, 6.07) is 15.9. The summed E-state index contributed by atoms with van der Waals surface area (Å²) >= 11 is 0. The highest BCUT2D eigenvalue weighted by molar-refractivity contribution is 5.66. The SMILES string of the molecule is COc1ccccc(-c2cccc(C#N)c2)c1=O. The van der Waals surface area contributed by atoms with Gasteiger partial charge >= 0.3 is 0 Å². The minimum Gasteiger partial charge on any atom is -0.493 e. The van der Waals surface area contributed by atoms with Crippen molar-refractivity contribution in [1.29, 1.82) is 5.26 Å². The van der Waals surface area contributed by atoms with Gasteiger partial charge in [-0.2, -0.15) is 5.26 Å². The molecule has 18 heavy (non-hydrogen) atoms. The number of rotatable bonds is 2. The van der Waals surface area contributed by atoms with E-state index in [9.17, 15) is 4.79 Å². The Morgan fingerprint density at radius 1 is 1.11 bits per heavy atom. The van der Waals surface area contributed by atoms with Crippen molar-refractivity contribution in [3.05, 3.63) is 64.3 Å². The van der Waals surface area contributed by atoms with Crippen molar-refractivity contribution in [3.8, 4) is 22.9 Å². The van der Waals surface area contributed by atoms with E-state index in [1.165, 1.54) is 7.11 Å². The van der Waals surface area contributed by atoms with Gasteiger partial charge in [0.1, 0.15) is 0 Å². The van der Waals surface area contributed by atoms with Gasteiger partial charge in [0.15, 0.2) is 5.75 Å². The third-order valence-electron chi connectivity index (χ3n) is 2.61. The highest BCUT2D eigenvalue weighted by Crippen LogP contribution is 2.18. The monoisotopic (exact) mass is 237 g/mol. The van der Waals surface area contributed by atoms with Crippen LogP contribution in [0.2, 0.25) is 0 Å². The Kier molecular flexibility index (Phi) is 3.40. The lowest BCUT2D eigenvalue weighted by molar-refractivity contribution is 0.411. The van der Waals surface area contributed by atoms with E-state index in [0.717, 1.165) is 0 Å². The molecule has 0 atom stereocenters. The molecule has 0 saturated heterocycles.